The molecule has 0 spiro atoms. The number of ether oxygens (including phenoxy) is 1. The van der Waals surface area contributed by atoms with Crippen LogP contribution in [0.5, 0.6) is 5.75 Å². The van der Waals surface area contributed by atoms with Crippen LogP contribution in [0.4, 0.5) is 5.69 Å². The zero-order chi connectivity index (χ0) is 13.9. The number of nitrogens with zero attached hydrogens (tertiary/aromatic N) is 1. The molecule has 1 aromatic rings. The van der Waals surface area contributed by atoms with Crippen molar-refractivity contribution < 1.29 is 4.74 Å². The van der Waals surface area contributed by atoms with Gasteiger partial charge in [0.25, 0.3) is 0 Å². The smallest absolute Gasteiger partial charge is 0.147 e. The van der Waals surface area contributed by atoms with E-state index in [1.165, 1.54) is 31.2 Å². The first-order valence-corrected chi connectivity index (χ1v) is 7.45. The number of hydrogen-bond acceptors (Lipinski definition) is 3. The lowest BCUT2D eigenvalue weighted by Gasteiger charge is -2.10. The van der Waals surface area contributed by atoms with Gasteiger partial charge in [-0.3, -0.25) is 0 Å². The quantitative estimate of drug-likeness (QED) is 0.429. The van der Waals surface area contributed by atoms with Crippen LogP contribution in [0.25, 0.3) is 0 Å². The Morgan fingerprint density at radius 3 is 2.53 bits per heavy atom. The summed E-state index contributed by atoms with van der Waals surface area (Å²) in [4.78, 5) is 0. The van der Waals surface area contributed by atoms with Crippen LogP contribution in [0.15, 0.2) is 23.3 Å². The van der Waals surface area contributed by atoms with Crippen LogP contribution < -0.4 is 4.74 Å². The van der Waals surface area contributed by atoms with Gasteiger partial charge in [-0.05, 0) is 37.0 Å². The molecule has 3 heteroatoms. The minimum atomic E-state index is 0.633. The van der Waals surface area contributed by atoms with Gasteiger partial charge < -0.3 is 4.74 Å². The molecule has 19 heavy (non-hydrogen) atoms. The fourth-order valence-corrected chi connectivity index (χ4v) is 2.00. The third-order valence-corrected chi connectivity index (χ3v) is 3.22. The first-order chi connectivity index (χ1) is 9.31. The van der Waals surface area contributed by atoms with E-state index < -0.39 is 0 Å². The van der Waals surface area contributed by atoms with Crippen molar-refractivity contribution in [1.29, 1.82) is 5.53 Å². The Kier molecular flexibility index (Phi) is 7.87. The van der Waals surface area contributed by atoms with Crippen LogP contribution in [0.1, 0.15) is 57.9 Å². The molecule has 0 aliphatic rings. The molecule has 3 nitrogen and oxygen atoms in total. The van der Waals surface area contributed by atoms with E-state index in [0.717, 1.165) is 25.0 Å². The van der Waals surface area contributed by atoms with Gasteiger partial charge in [-0.25, -0.2) is 5.53 Å². The molecule has 0 saturated carbocycles. The van der Waals surface area contributed by atoms with Gasteiger partial charge in [0.1, 0.15) is 11.4 Å². The van der Waals surface area contributed by atoms with Gasteiger partial charge in [0, 0.05) is 0 Å². The molecule has 0 aliphatic carbocycles. The standard InChI is InChI=1S/C16H26N2O/c1-3-5-7-8-9-14-10-11-15(18-17)16(13-14)19-12-6-4-2/h10-11,13,17H,3-9,12H2,1-2H3. The molecule has 0 amide bonds. The number of nitrogens with one attached hydrogen (secondary N) is 1. The third kappa shape index (κ3) is 5.86. The van der Waals surface area contributed by atoms with E-state index in [4.69, 9.17) is 10.3 Å². The molecule has 1 rings (SSSR count). The fraction of sp³-hybridized carbons (Fsp3) is 0.625. The number of rotatable bonds is 10. The molecule has 0 radical (unpaired) electrons. The second-order valence-electron chi connectivity index (χ2n) is 4.93. The molecule has 0 aliphatic heterocycles. The highest BCUT2D eigenvalue weighted by Gasteiger charge is 2.05. The fourth-order valence-electron chi connectivity index (χ4n) is 2.00. The monoisotopic (exact) mass is 262 g/mol. The zero-order valence-electron chi connectivity index (χ0n) is 12.2. The van der Waals surface area contributed by atoms with Crippen molar-refractivity contribution in [2.75, 3.05) is 6.61 Å². The van der Waals surface area contributed by atoms with Crippen molar-refractivity contribution in [2.45, 2.75) is 58.8 Å². The van der Waals surface area contributed by atoms with Crippen LogP contribution in [0, 0.1) is 5.53 Å². The third-order valence-electron chi connectivity index (χ3n) is 3.22. The molecule has 0 fully saturated rings. The normalized spacial score (nSPS) is 10.4. The van der Waals surface area contributed by atoms with Crippen molar-refractivity contribution in [3.05, 3.63) is 23.8 Å². The maximum Gasteiger partial charge on any atom is 0.147 e. The van der Waals surface area contributed by atoms with Crippen LogP contribution in [-0.4, -0.2) is 6.61 Å². The summed E-state index contributed by atoms with van der Waals surface area (Å²) in [5, 5.41) is 3.53. The Morgan fingerprint density at radius 2 is 1.84 bits per heavy atom. The van der Waals surface area contributed by atoms with Crippen molar-refractivity contribution >= 4 is 5.69 Å². The van der Waals surface area contributed by atoms with E-state index in [-0.39, 0.29) is 0 Å². The van der Waals surface area contributed by atoms with Gasteiger partial charge in [0.05, 0.1) is 6.61 Å². The molecule has 0 unspecified atom stereocenters. The Bertz CT molecular complexity index is 377. The summed E-state index contributed by atoms with van der Waals surface area (Å²) >= 11 is 0. The Balaban J connectivity index is 2.57. The van der Waals surface area contributed by atoms with E-state index in [0.29, 0.717) is 12.3 Å². The number of aryl methyl sites for hydroxylation is 1. The summed E-state index contributed by atoms with van der Waals surface area (Å²) in [5.41, 5.74) is 9.09. The summed E-state index contributed by atoms with van der Waals surface area (Å²) in [6.07, 6.45) is 8.32. The first kappa shape index (κ1) is 15.7. The van der Waals surface area contributed by atoms with Gasteiger partial charge in [-0.1, -0.05) is 45.6 Å². The largest absolute Gasteiger partial charge is 0.491 e. The molecular weight excluding hydrogens is 236 g/mol. The van der Waals surface area contributed by atoms with E-state index in [1.54, 1.807) is 0 Å². The maximum absolute atomic E-state index is 7.17. The molecule has 1 N–H and O–H groups in total. The summed E-state index contributed by atoms with van der Waals surface area (Å²) in [7, 11) is 0. The highest BCUT2D eigenvalue weighted by molar-refractivity contribution is 5.52. The predicted octanol–water partition coefficient (Wildman–Crippen LogP) is 5.65. The van der Waals surface area contributed by atoms with Crippen molar-refractivity contribution in [3.63, 3.8) is 0 Å². The van der Waals surface area contributed by atoms with Gasteiger partial charge in [-0.15, -0.1) is 0 Å². The van der Waals surface area contributed by atoms with E-state index >= 15 is 0 Å². The van der Waals surface area contributed by atoms with Crippen LogP contribution in [0.2, 0.25) is 0 Å². The van der Waals surface area contributed by atoms with Gasteiger partial charge in [-0.2, -0.15) is 5.11 Å². The lowest BCUT2D eigenvalue weighted by Crippen LogP contribution is -1.97. The van der Waals surface area contributed by atoms with Gasteiger partial charge >= 0.3 is 0 Å². The SMILES string of the molecule is CCCCCCc1ccc(N=N)c(OCCCC)c1. The van der Waals surface area contributed by atoms with Crippen LogP contribution in [-0.2, 0) is 6.42 Å². The molecule has 106 valence electrons. The lowest BCUT2D eigenvalue weighted by atomic mass is 10.1. The summed E-state index contributed by atoms with van der Waals surface area (Å²) in [5.74, 6) is 0.761. The van der Waals surface area contributed by atoms with Crippen molar-refractivity contribution in [2.24, 2.45) is 5.11 Å². The Morgan fingerprint density at radius 1 is 1.05 bits per heavy atom. The first-order valence-electron chi connectivity index (χ1n) is 7.45. The number of hydrogen-bond donors (Lipinski definition) is 1. The van der Waals surface area contributed by atoms with E-state index in [9.17, 15) is 0 Å². The average molecular weight is 262 g/mol. The van der Waals surface area contributed by atoms with Gasteiger partial charge in [0.15, 0.2) is 0 Å². The zero-order valence-corrected chi connectivity index (χ0v) is 12.2. The Hall–Kier alpha value is -1.38. The highest BCUT2D eigenvalue weighted by atomic mass is 16.5. The molecule has 0 heterocycles. The summed E-state index contributed by atoms with van der Waals surface area (Å²) < 4.78 is 5.72. The van der Waals surface area contributed by atoms with Crippen molar-refractivity contribution in [3.8, 4) is 5.75 Å². The second-order valence-corrected chi connectivity index (χ2v) is 4.93. The van der Waals surface area contributed by atoms with Gasteiger partial charge in [0.2, 0.25) is 0 Å². The topological polar surface area (TPSA) is 45.4 Å². The minimum absolute atomic E-state index is 0.633. The van der Waals surface area contributed by atoms with Crippen molar-refractivity contribution in [1.82, 2.24) is 0 Å². The lowest BCUT2D eigenvalue weighted by molar-refractivity contribution is 0.310. The molecule has 1 aromatic carbocycles. The molecule has 0 aromatic heterocycles. The number of unbranched alkanes of at least 4 members (excludes halogenated alkanes) is 4. The predicted molar refractivity (Wildman–Crippen MR) is 79.5 cm³/mol. The summed E-state index contributed by atoms with van der Waals surface area (Å²) in [6.45, 7) is 5.08. The minimum Gasteiger partial charge on any atom is -0.491 e. The van der Waals surface area contributed by atoms with Crippen LogP contribution in [0.3, 0.4) is 0 Å². The maximum atomic E-state index is 7.17. The van der Waals surface area contributed by atoms with Crippen LogP contribution >= 0.6 is 0 Å². The Labute approximate surface area is 116 Å². The second kappa shape index (κ2) is 9.54. The average Bonchev–Trinajstić information content (AvgIpc) is 2.44. The summed E-state index contributed by atoms with van der Waals surface area (Å²) in [6, 6.07) is 6.00. The number of benzene rings is 1. The molecular formula is C16H26N2O. The highest BCUT2D eigenvalue weighted by Crippen LogP contribution is 2.29. The van der Waals surface area contributed by atoms with E-state index in [1.807, 2.05) is 6.07 Å². The molecule has 0 atom stereocenters. The van der Waals surface area contributed by atoms with E-state index in [2.05, 4.69) is 31.1 Å². The molecule has 0 saturated heterocycles. The molecule has 0 bridgehead atoms.